The lowest BCUT2D eigenvalue weighted by Crippen LogP contribution is -2.58. The summed E-state index contributed by atoms with van der Waals surface area (Å²) in [5.41, 5.74) is 1.52. The third-order valence-corrected chi connectivity index (χ3v) is 10.1. The minimum atomic E-state index is -3.69. The Bertz CT molecular complexity index is 1300. The molecule has 1 aliphatic heterocycles. The van der Waals surface area contributed by atoms with Crippen LogP contribution in [0.4, 0.5) is 5.69 Å². The molecule has 1 aromatic carbocycles. The van der Waals surface area contributed by atoms with Crippen molar-refractivity contribution in [1.82, 2.24) is 13.6 Å². The molecule has 9 nitrogen and oxygen atoms in total. The summed E-state index contributed by atoms with van der Waals surface area (Å²) in [6.45, 7) is 0.985. The summed E-state index contributed by atoms with van der Waals surface area (Å²) in [7, 11) is -7.28. The van der Waals surface area contributed by atoms with E-state index in [0.717, 1.165) is 28.8 Å². The molecule has 34 heavy (non-hydrogen) atoms. The molecule has 0 radical (unpaired) electrons. The average molecular weight is 523 g/mol. The molecule has 0 unspecified atom stereocenters. The van der Waals surface area contributed by atoms with E-state index >= 15 is 0 Å². The first-order valence-corrected chi connectivity index (χ1v) is 14.7. The fourth-order valence-electron chi connectivity index (χ4n) is 3.97. The van der Waals surface area contributed by atoms with Crippen molar-refractivity contribution in [2.45, 2.75) is 16.8 Å². The number of nitrogens with zero attached hydrogens (tertiary/aromatic N) is 4. The van der Waals surface area contributed by atoms with E-state index in [1.54, 1.807) is 66.3 Å². The zero-order chi connectivity index (χ0) is 24.3. The van der Waals surface area contributed by atoms with E-state index in [4.69, 9.17) is 0 Å². The molecule has 0 spiro atoms. The predicted octanol–water partition coefficient (Wildman–Crippen LogP) is 2.19. The van der Waals surface area contributed by atoms with Gasteiger partial charge in [-0.1, -0.05) is 12.1 Å². The minimum Gasteiger partial charge on any atom is -0.508 e. The largest absolute Gasteiger partial charge is 0.508 e. The molecule has 182 valence electrons. The van der Waals surface area contributed by atoms with Crippen LogP contribution in [0.1, 0.15) is 5.56 Å². The van der Waals surface area contributed by atoms with Crippen molar-refractivity contribution < 1.29 is 21.9 Å². The normalized spacial score (nSPS) is 17.8. The summed E-state index contributed by atoms with van der Waals surface area (Å²) >= 11 is 1.16. The van der Waals surface area contributed by atoms with Gasteiger partial charge in [-0.2, -0.15) is 8.61 Å². The molecule has 3 heterocycles. The van der Waals surface area contributed by atoms with Crippen molar-refractivity contribution >= 4 is 37.1 Å². The number of phenols is 1. The molecule has 0 aliphatic carbocycles. The number of aromatic hydroxyl groups is 1. The third-order valence-electron chi connectivity index (χ3n) is 5.68. The van der Waals surface area contributed by atoms with Gasteiger partial charge in [0, 0.05) is 50.8 Å². The summed E-state index contributed by atoms with van der Waals surface area (Å²) < 4.78 is 54.8. The summed E-state index contributed by atoms with van der Waals surface area (Å²) in [4.78, 5) is 6.07. The van der Waals surface area contributed by atoms with Crippen molar-refractivity contribution in [3.05, 3.63) is 71.9 Å². The number of hydrogen-bond donors (Lipinski definition) is 1. The lowest BCUT2D eigenvalue weighted by Gasteiger charge is -2.43. The zero-order valence-corrected chi connectivity index (χ0v) is 21.0. The molecule has 0 bridgehead atoms. The number of pyridine rings is 1. The second kappa shape index (κ2) is 10.0. The molecule has 2 aromatic heterocycles. The molecular weight excluding hydrogens is 496 g/mol. The first-order chi connectivity index (χ1) is 16.1. The smallest absolute Gasteiger partial charge is 0.252 e. The van der Waals surface area contributed by atoms with Gasteiger partial charge in [0.15, 0.2) is 0 Å². The molecule has 0 amide bonds. The van der Waals surface area contributed by atoms with Gasteiger partial charge in [0.1, 0.15) is 9.96 Å². The number of piperazine rings is 1. The van der Waals surface area contributed by atoms with Gasteiger partial charge in [0.2, 0.25) is 10.0 Å². The van der Waals surface area contributed by atoms with Crippen LogP contribution in [0.2, 0.25) is 0 Å². The zero-order valence-electron chi connectivity index (χ0n) is 18.6. The number of phenolic OH excluding ortho intramolecular Hbond substituents is 1. The Hall–Kier alpha value is -2.51. The molecule has 3 aromatic rings. The monoisotopic (exact) mass is 522 g/mol. The van der Waals surface area contributed by atoms with Gasteiger partial charge < -0.3 is 10.0 Å². The molecule has 12 heteroatoms. The summed E-state index contributed by atoms with van der Waals surface area (Å²) in [6, 6.07) is 13.0. The molecule has 1 atom stereocenters. The summed E-state index contributed by atoms with van der Waals surface area (Å²) in [5, 5.41) is 11.4. The van der Waals surface area contributed by atoms with Crippen LogP contribution in [-0.2, 0) is 26.6 Å². The number of benzene rings is 1. The highest BCUT2D eigenvalue weighted by Crippen LogP contribution is 2.28. The average Bonchev–Trinajstić information content (AvgIpc) is 3.35. The number of thiophene rings is 1. The van der Waals surface area contributed by atoms with Gasteiger partial charge in [0.25, 0.3) is 10.0 Å². The molecule has 1 saturated heterocycles. The van der Waals surface area contributed by atoms with Gasteiger partial charge in [-0.15, -0.1) is 11.3 Å². The second-order valence-corrected chi connectivity index (χ2v) is 13.2. The number of aromatic nitrogens is 1. The Labute approximate surface area is 204 Å². The Morgan fingerprint density at radius 3 is 2.47 bits per heavy atom. The van der Waals surface area contributed by atoms with E-state index in [0.29, 0.717) is 6.54 Å². The lowest BCUT2D eigenvalue weighted by atomic mass is 10.1. The predicted molar refractivity (Wildman–Crippen MR) is 132 cm³/mol. The highest BCUT2D eigenvalue weighted by Gasteiger charge is 2.37. The van der Waals surface area contributed by atoms with Crippen LogP contribution in [0, 0.1) is 0 Å². The molecular formula is C22H26N4O5S3. The van der Waals surface area contributed by atoms with E-state index in [1.807, 2.05) is 4.90 Å². The maximum atomic E-state index is 13.2. The Morgan fingerprint density at radius 2 is 1.85 bits per heavy atom. The number of sulfonamides is 2. The number of hydrogen-bond acceptors (Lipinski definition) is 8. The van der Waals surface area contributed by atoms with Gasteiger partial charge >= 0.3 is 0 Å². The standard InChI is InChI=1S/C22H26N4O5S3/c1-33(28,29)25(15-18-4-2-10-23-14-18)17-20-16-24(34(30,31)22-5-3-13-32-22)11-12-26(20)19-6-8-21(27)9-7-19/h2-10,13-14,20,27H,11-12,15-17H2,1H3/t20-/m1/s1. The van der Waals surface area contributed by atoms with Crippen LogP contribution < -0.4 is 4.90 Å². The molecule has 1 aliphatic rings. The Morgan fingerprint density at radius 1 is 1.09 bits per heavy atom. The molecule has 0 saturated carbocycles. The highest BCUT2D eigenvalue weighted by atomic mass is 32.2. The molecule has 4 rings (SSSR count). The van der Waals surface area contributed by atoms with Crippen LogP contribution in [0.3, 0.4) is 0 Å². The summed E-state index contributed by atoms with van der Waals surface area (Å²) in [5.74, 6) is 0.119. The first kappa shape index (κ1) is 24.6. The van der Waals surface area contributed by atoms with Crippen molar-refractivity contribution in [3.8, 4) is 5.75 Å². The van der Waals surface area contributed by atoms with Crippen molar-refractivity contribution in [2.75, 3.05) is 37.3 Å². The van der Waals surface area contributed by atoms with E-state index in [2.05, 4.69) is 4.98 Å². The second-order valence-electron chi connectivity index (χ2n) is 8.08. The number of rotatable bonds is 8. The maximum Gasteiger partial charge on any atom is 0.252 e. The van der Waals surface area contributed by atoms with Crippen LogP contribution in [-0.4, -0.2) is 74.0 Å². The fraction of sp³-hybridized carbons (Fsp3) is 0.318. The fourth-order valence-corrected chi connectivity index (χ4v) is 7.41. The van der Waals surface area contributed by atoms with E-state index in [-0.39, 0.29) is 36.1 Å². The van der Waals surface area contributed by atoms with E-state index in [9.17, 15) is 21.9 Å². The Balaban J connectivity index is 1.65. The highest BCUT2D eigenvalue weighted by molar-refractivity contribution is 7.91. The van der Waals surface area contributed by atoms with Crippen LogP contribution in [0.15, 0.2) is 70.5 Å². The van der Waals surface area contributed by atoms with E-state index in [1.165, 1.54) is 8.61 Å². The number of anilines is 1. The molecule has 1 fully saturated rings. The minimum absolute atomic E-state index is 0.0884. The topological polar surface area (TPSA) is 111 Å². The van der Waals surface area contributed by atoms with Gasteiger partial charge in [-0.3, -0.25) is 4.98 Å². The Kier molecular flexibility index (Phi) is 7.24. The third kappa shape index (κ3) is 5.58. The van der Waals surface area contributed by atoms with Crippen molar-refractivity contribution in [3.63, 3.8) is 0 Å². The molecule has 1 N–H and O–H groups in total. The quantitative estimate of drug-likeness (QED) is 0.483. The lowest BCUT2D eigenvalue weighted by molar-refractivity contribution is 0.287. The maximum absolute atomic E-state index is 13.2. The van der Waals surface area contributed by atoms with Crippen LogP contribution in [0.25, 0.3) is 0 Å². The van der Waals surface area contributed by atoms with E-state index < -0.39 is 26.1 Å². The van der Waals surface area contributed by atoms with Gasteiger partial charge in [-0.25, -0.2) is 16.8 Å². The van der Waals surface area contributed by atoms with Crippen LogP contribution in [0.5, 0.6) is 5.75 Å². The first-order valence-electron chi connectivity index (χ1n) is 10.6. The SMILES string of the molecule is CS(=O)(=O)N(Cc1cccnc1)C[C@H]1CN(S(=O)(=O)c2cccs2)CCN1c1ccc(O)cc1. The van der Waals surface area contributed by atoms with Gasteiger partial charge in [0.05, 0.1) is 12.3 Å². The van der Waals surface area contributed by atoms with Crippen molar-refractivity contribution in [2.24, 2.45) is 0 Å². The van der Waals surface area contributed by atoms with Crippen LogP contribution >= 0.6 is 11.3 Å². The van der Waals surface area contributed by atoms with Crippen molar-refractivity contribution in [1.29, 1.82) is 0 Å². The van der Waals surface area contributed by atoms with Gasteiger partial charge in [-0.05, 0) is 47.3 Å². The summed E-state index contributed by atoms with van der Waals surface area (Å²) in [6.07, 6.45) is 4.39.